The van der Waals surface area contributed by atoms with Crippen LogP contribution >= 0.6 is 15.9 Å². The Balaban J connectivity index is 2.64. The third-order valence-corrected chi connectivity index (χ3v) is 3.99. The Kier molecular flexibility index (Phi) is 4.95. The molecular formula is C17H16BrNO4. The van der Waals surface area contributed by atoms with Gasteiger partial charge in [-0.05, 0) is 46.6 Å². The van der Waals surface area contributed by atoms with Gasteiger partial charge in [0, 0.05) is 17.2 Å². The van der Waals surface area contributed by atoms with Crippen molar-refractivity contribution in [3.63, 3.8) is 0 Å². The van der Waals surface area contributed by atoms with E-state index in [0.29, 0.717) is 15.8 Å². The van der Waals surface area contributed by atoms with E-state index in [1.54, 1.807) is 31.4 Å². The summed E-state index contributed by atoms with van der Waals surface area (Å²) in [4.78, 5) is 12.1. The first kappa shape index (κ1) is 16.9. The van der Waals surface area contributed by atoms with Crippen molar-refractivity contribution in [2.45, 2.75) is 6.92 Å². The van der Waals surface area contributed by atoms with Gasteiger partial charge >= 0.3 is 0 Å². The number of carbonyl (C=O) groups is 1. The molecule has 0 radical (unpaired) electrons. The van der Waals surface area contributed by atoms with Crippen LogP contribution < -0.4 is 10.5 Å². The van der Waals surface area contributed by atoms with E-state index in [4.69, 9.17) is 10.5 Å². The minimum absolute atomic E-state index is 0.118. The van der Waals surface area contributed by atoms with Crippen LogP contribution in [0.1, 0.15) is 18.1 Å². The van der Waals surface area contributed by atoms with E-state index in [0.717, 1.165) is 6.07 Å². The molecule has 0 aromatic heterocycles. The summed E-state index contributed by atoms with van der Waals surface area (Å²) in [7, 11) is 1.55. The third-order valence-electron chi connectivity index (χ3n) is 3.36. The molecule has 2 aromatic rings. The molecule has 0 amide bonds. The van der Waals surface area contributed by atoms with Crippen molar-refractivity contribution >= 4 is 33.0 Å². The highest BCUT2D eigenvalue weighted by Crippen LogP contribution is 2.36. The zero-order valence-electron chi connectivity index (χ0n) is 12.6. The zero-order chi connectivity index (χ0) is 17.1. The zero-order valence-corrected chi connectivity index (χ0v) is 14.2. The number of benzene rings is 2. The SMILES string of the molecule is COc1ccc(C(C(C)=O)=C(N)c2cc(Br)c(O)cc2O)cc1. The Bertz CT molecular complexity index is 782. The van der Waals surface area contributed by atoms with Crippen molar-refractivity contribution in [1.29, 1.82) is 0 Å². The van der Waals surface area contributed by atoms with Gasteiger partial charge in [0.05, 0.1) is 17.3 Å². The summed E-state index contributed by atoms with van der Waals surface area (Å²) in [5.74, 6) is 0.0880. The predicted octanol–water partition coefficient (Wildman–Crippen LogP) is 3.28. The van der Waals surface area contributed by atoms with Gasteiger partial charge in [0.1, 0.15) is 17.2 Å². The van der Waals surface area contributed by atoms with Crippen molar-refractivity contribution in [2.24, 2.45) is 5.73 Å². The number of phenolic OH excluding ortho intramolecular Hbond substituents is 2. The summed E-state index contributed by atoms with van der Waals surface area (Å²) >= 11 is 3.17. The van der Waals surface area contributed by atoms with Crippen LogP contribution in [0.15, 0.2) is 40.9 Å². The van der Waals surface area contributed by atoms with Gasteiger partial charge in [-0.25, -0.2) is 0 Å². The van der Waals surface area contributed by atoms with Crippen molar-refractivity contribution < 1.29 is 19.7 Å². The number of aromatic hydroxyl groups is 2. The van der Waals surface area contributed by atoms with E-state index in [1.165, 1.54) is 13.0 Å². The molecule has 2 rings (SSSR count). The highest BCUT2D eigenvalue weighted by atomic mass is 79.9. The molecule has 4 N–H and O–H groups in total. The van der Waals surface area contributed by atoms with Crippen molar-refractivity contribution in [3.8, 4) is 17.2 Å². The molecule has 0 saturated carbocycles. The molecule has 0 aliphatic carbocycles. The molecule has 0 saturated heterocycles. The topological polar surface area (TPSA) is 92.8 Å². The second kappa shape index (κ2) is 6.75. The van der Waals surface area contributed by atoms with Crippen molar-refractivity contribution in [2.75, 3.05) is 7.11 Å². The van der Waals surface area contributed by atoms with Crippen LogP contribution in [0, 0.1) is 0 Å². The Morgan fingerprint density at radius 1 is 1.13 bits per heavy atom. The minimum Gasteiger partial charge on any atom is -0.507 e. The Hall–Kier alpha value is -2.47. The van der Waals surface area contributed by atoms with Crippen LogP contribution in [0.25, 0.3) is 11.3 Å². The summed E-state index contributed by atoms with van der Waals surface area (Å²) in [6.07, 6.45) is 0. The number of halogens is 1. The van der Waals surface area contributed by atoms with Gasteiger partial charge in [0.2, 0.25) is 0 Å². The molecule has 0 unspecified atom stereocenters. The number of Topliss-reactive ketones (excluding diaryl/α,β-unsaturated/α-hetero) is 1. The molecule has 120 valence electrons. The maximum atomic E-state index is 12.1. The molecule has 23 heavy (non-hydrogen) atoms. The first-order valence-electron chi connectivity index (χ1n) is 6.72. The van der Waals surface area contributed by atoms with Gasteiger partial charge in [-0.15, -0.1) is 0 Å². The third kappa shape index (κ3) is 3.48. The number of phenols is 2. The first-order chi connectivity index (χ1) is 10.8. The van der Waals surface area contributed by atoms with E-state index >= 15 is 0 Å². The number of carbonyl (C=O) groups excluding carboxylic acids is 1. The fourth-order valence-corrected chi connectivity index (χ4v) is 2.55. The number of hydrogen-bond acceptors (Lipinski definition) is 5. The monoisotopic (exact) mass is 377 g/mol. The van der Waals surface area contributed by atoms with Crippen LogP contribution in [-0.4, -0.2) is 23.1 Å². The summed E-state index contributed by atoms with van der Waals surface area (Å²) in [5.41, 5.74) is 7.40. The largest absolute Gasteiger partial charge is 0.507 e. The Morgan fingerprint density at radius 2 is 1.74 bits per heavy atom. The fourth-order valence-electron chi connectivity index (χ4n) is 2.21. The Morgan fingerprint density at radius 3 is 2.26 bits per heavy atom. The number of rotatable bonds is 4. The van der Waals surface area contributed by atoms with Crippen LogP contribution in [0.4, 0.5) is 0 Å². The van der Waals surface area contributed by atoms with E-state index in [9.17, 15) is 15.0 Å². The van der Waals surface area contributed by atoms with Crippen LogP contribution in [0.5, 0.6) is 17.2 Å². The van der Waals surface area contributed by atoms with Gasteiger partial charge < -0.3 is 20.7 Å². The fraction of sp³-hybridized carbons (Fsp3) is 0.118. The van der Waals surface area contributed by atoms with E-state index in [2.05, 4.69) is 15.9 Å². The number of methoxy groups -OCH3 is 1. The number of ether oxygens (including phenoxy) is 1. The van der Waals surface area contributed by atoms with Crippen molar-refractivity contribution in [1.82, 2.24) is 0 Å². The highest BCUT2D eigenvalue weighted by Gasteiger charge is 2.17. The first-order valence-corrected chi connectivity index (χ1v) is 7.51. The molecule has 2 aromatic carbocycles. The number of nitrogens with two attached hydrogens (primary N) is 1. The van der Waals surface area contributed by atoms with E-state index < -0.39 is 0 Å². The molecule has 0 bridgehead atoms. The molecule has 6 heteroatoms. The lowest BCUT2D eigenvalue weighted by Crippen LogP contribution is -2.07. The lowest BCUT2D eigenvalue weighted by molar-refractivity contribution is -0.111. The summed E-state index contributed by atoms with van der Waals surface area (Å²) in [5, 5.41) is 19.6. The van der Waals surface area contributed by atoms with E-state index in [-0.39, 0.29) is 34.1 Å². The molecule has 0 atom stereocenters. The summed E-state index contributed by atoms with van der Waals surface area (Å²) in [6.45, 7) is 1.40. The van der Waals surface area contributed by atoms with Gasteiger partial charge in [0.15, 0.2) is 5.78 Å². The number of allylic oxidation sites excluding steroid dienone is 1. The lowest BCUT2D eigenvalue weighted by atomic mass is 9.96. The van der Waals surface area contributed by atoms with Gasteiger partial charge in [0.25, 0.3) is 0 Å². The van der Waals surface area contributed by atoms with E-state index in [1.807, 2.05) is 0 Å². The number of ketones is 1. The maximum absolute atomic E-state index is 12.1. The van der Waals surface area contributed by atoms with Gasteiger partial charge in [-0.1, -0.05) is 12.1 Å². The Labute approximate surface area is 142 Å². The number of hydrogen-bond donors (Lipinski definition) is 3. The summed E-state index contributed by atoms with van der Waals surface area (Å²) in [6, 6.07) is 9.50. The molecule has 5 nitrogen and oxygen atoms in total. The lowest BCUT2D eigenvalue weighted by Gasteiger charge is -2.13. The smallest absolute Gasteiger partial charge is 0.162 e. The molecule has 0 heterocycles. The minimum atomic E-state index is -0.240. The second-order valence-corrected chi connectivity index (χ2v) is 5.75. The predicted molar refractivity (Wildman–Crippen MR) is 92.1 cm³/mol. The van der Waals surface area contributed by atoms with Crippen LogP contribution in [0.3, 0.4) is 0 Å². The molecule has 0 aliphatic heterocycles. The van der Waals surface area contributed by atoms with Crippen LogP contribution in [0.2, 0.25) is 0 Å². The van der Waals surface area contributed by atoms with Gasteiger partial charge in [-0.2, -0.15) is 0 Å². The normalized spacial score (nSPS) is 11.8. The standard InChI is InChI=1S/C17H16BrNO4/c1-9(20)16(10-3-5-11(23-2)6-4-10)17(19)12-7-13(18)15(22)8-14(12)21/h3-8,21-22H,19H2,1-2H3. The summed E-state index contributed by atoms with van der Waals surface area (Å²) < 4.78 is 5.46. The maximum Gasteiger partial charge on any atom is 0.162 e. The molecular weight excluding hydrogens is 362 g/mol. The average Bonchev–Trinajstić information content (AvgIpc) is 2.51. The average molecular weight is 378 g/mol. The second-order valence-electron chi connectivity index (χ2n) is 4.89. The van der Waals surface area contributed by atoms with Gasteiger partial charge in [-0.3, -0.25) is 4.79 Å². The molecule has 0 spiro atoms. The van der Waals surface area contributed by atoms with Crippen molar-refractivity contribution in [3.05, 3.63) is 52.0 Å². The van der Waals surface area contributed by atoms with Crippen LogP contribution in [-0.2, 0) is 4.79 Å². The molecule has 0 aliphatic rings. The highest BCUT2D eigenvalue weighted by molar-refractivity contribution is 9.10. The quantitative estimate of drug-likeness (QED) is 0.561. The molecule has 0 fully saturated rings.